The molecule has 1 atom stereocenters. The van der Waals surface area contributed by atoms with Gasteiger partial charge in [-0.1, -0.05) is 11.6 Å². The van der Waals surface area contributed by atoms with Crippen LogP contribution in [0.1, 0.15) is 29.4 Å². The Kier molecular flexibility index (Phi) is 2.79. The topological polar surface area (TPSA) is 49.8 Å². The van der Waals surface area contributed by atoms with Crippen LogP contribution in [0, 0.1) is 0 Å². The predicted molar refractivity (Wildman–Crippen MR) is 62.7 cm³/mol. The summed E-state index contributed by atoms with van der Waals surface area (Å²) in [6.45, 7) is 3.83. The lowest BCUT2D eigenvalue weighted by Gasteiger charge is -2.19. The van der Waals surface area contributed by atoms with Crippen LogP contribution in [0.4, 0.5) is 0 Å². The number of hydrogen-bond donors (Lipinski definition) is 2. The summed E-state index contributed by atoms with van der Waals surface area (Å²) < 4.78 is 0. The quantitative estimate of drug-likeness (QED) is 0.713. The minimum atomic E-state index is 0.435. The van der Waals surface area contributed by atoms with Crippen molar-refractivity contribution in [3.8, 4) is 0 Å². The summed E-state index contributed by atoms with van der Waals surface area (Å²) in [5, 5.41) is 7.31. The van der Waals surface area contributed by atoms with Crippen molar-refractivity contribution >= 4 is 11.6 Å². The second kappa shape index (κ2) is 4.28. The molecule has 1 saturated heterocycles. The zero-order valence-electron chi connectivity index (χ0n) is 9.09. The fourth-order valence-corrected chi connectivity index (χ4v) is 2.68. The lowest BCUT2D eigenvalue weighted by molar-refractivity contribution is 0.604. The van der Waals surface area contributed by atoms with Gasteiger partial charge < -0.3 is 10.6 Å². The van der Waals surface area contributed by atoms with Gasteiger partial charge in [-0.05, 0) is 25.9 Å². The average molecular weight is 239 g/mol. The van der Waals surface area contributed by atoms with E-state index in [1.807, 2.05) is 0 Å². The van der Waals surface area contributed by atoms with Crippen LogP contribution in [0.5, 0.6) is 0 Å². The number of hydrogen-bond acceptors (Lipinski definition) is 4. The Hall–Kier alpha value is -0.710. The Morgan fingerprint density at radius 3 is 2.94 bits per heavy atom. The molecule has 0 bridgehead atoms. The Morgan fingerprint density at radius 2 is 2.12 bits per heavy atom. The second-order valence-corrected chi connectivity index (χ2v) is 4.77. The second-order valence-electron chi connectivity index (χ2n) is 4.41. The van der Waals surface area contributed by atoms with E-state index in [0.717, 1.165) is 56.1 Å². The van der Waals surface area contributed by atoms with E-state index in [9.17, 15) is 0 Å². The van der Waals surface area contributed by atoms with Crippen molar-refractivity contribution in [2.45, 2.75) is 25.3 Å². The molecule has 86 valence electrons. The molecule has 5 heteroatoms. The summed E-state index contributed by atoms with van der Waals surface area (Å²) in [4.78, 5) is 9.11. The molecule has 0 radical (unpaired) electrons. The third-order valence-electron chi connectivity index (χ3n) is 3.33. The average Bonchev–Trinajstić information content (AvgIpc) is 2.82. The fourth-order valence-electron chi connectivity index (χ4n) is 2.39. The van der Waals surface area contributed by atoms with Crippen molar-refractivity contribution in [3.63, 3.8) is 0 Å². The summed E-state index contributed by atoms with van der Waals surface area (Å²) in [5.74, 6) is 1.35. The monoisotopic (exact) mass is 238 g/mol. The summed E-state index contributed by atoms with van der Waals surface area (Å²) >= 11 is 6.23. The first-order valence-electron chi connectivity index (χ1n) is 5.81. The van der Waals surface area contributed by atoms with Crippen molar-refractivity contribution in [1.29, 1.82) is 0 Å². The largest absolute Gasteiger partial charge is 0.316 e. The van der Waals surface area contributed by atoms with E-state index in [1.54, 1.807) is 0 Å². The number of nitrogens with zero attached hydrogens (tertiary/aromatic N) is 2. The fraction of sp³-hybridized carbons (Fsp3) is 0.636. The normalized spacial score (nSPS) is 24.4. The van der Waals surface area contributed by atoms with Gasteiger partial charge in [0.05, 0.1) is 5.69 Å². The Balaban J connectivity index is 1.97. The molecule has 3 heterocycles. The van der Waals surface area contributed by atoms with E-state index < -0.39 is 0 Å². The molecule has 1 aromatic rings. The standard InChI is InChI=1S/C11H15ClN4/c12-10-8-2-4-14-6-9(8)15-11(16-10)7-1-3-13-5-7/h7,13-14H,1-6H2. The van der Waals surface area contributed by atoms with Gasteiger partial charge in [0, 0.05) is 24.6 Å². The van der Waals surface area contributed by atoms with Gasteiger partial charge >= 0.3 is 0 Å². The van der Waals surface area contributed by atoms with Gasteiger partial charge in [-0.15, -0.1) is 0 Å². The van der Waals surface area contributed by atoms with E-state index in [-0.39, 0.29) is 0 Å². The van der Waals surface area contributed by atoms with Gasteiger partial charge in [-0.3, -0.25) is 0 Å². The number of aromatic nitrogens is 2. The molecule has 1 fully saturated rings. The minimum absolute atomic E-state index is 0.435. The molecular formula is C11H15ClN4. The highest BCUT2D eigenvalue weighted by Crippen LogP contribution is 2.25. The lowest BCUT2D eigenvalue weighted by atomic mass is 10.1. The molecule has 0 aromatic carbocycles. The maximum absolute atomic E-state index is 6.23. The van der Waals surface area contributed by atoms with E-state index >= 15 is 0 Å². The molecule has 2 aliphatic heterocycles. The molecule has 2 N–H and O–H groups in total. The molecule has 0 aliphatic carbocycles. The molecule has 2 aliphatic rings. The van der Waals surface area contributed by atoms with E-state index in [4.69, 9.17) is 11.6 Å². The van der Waals surface area contributed by atoms with Crippen LogP contribution >= 0.6 is 11.6 Å². The van der Waals surface area contributed by atoms with Gasteiger partial charge in [0.25, 0.3) is 0 Å². The van der Waals surface area contributed by atoms with Crippen LogP contribution in [0.15, 0.2) is 0 Å². The van der Waals surface area contributed by atoms with E-state index in [1.165, 1.54) is 0 Å². The first kappa shape index (κ1) is 10.4. The number of nitrogens with one attached hydrogen (secondary N) is 2. The zero-order valence-corrected chi connectivity index (χ0v) is 9.85. The summed E-state index contributed by atoms with van der Waals surface area (Å²) in [7, 11) is 0. The minimum Gasteiger partial charge on any atom is -0.316 e. The van der Waals surface area contributed by atoms with Crippen LogP contribution in [-0.2, 0) is 13.0 Å². The van der Waals surface area contributed by atoms with E-state index in [2.05, 4.69) is 20.6 Å². The van der Waals surface area contributed by atoms with Gasteiger partial charge in [0.2, 0.25) is 0 Å². The summed E-state index contributed by atoms with van der Waals surface area (Å²) in [6.07, 6.45) is 2.06. The summed E-state index contributed by atoms with van der Waals surface area (Å²) in [6, 6.07) is 0. The van der Waals surface area contributed by atoms with Crippen molar-refractivity contribution in [2.24, 2.45) is 0 Å². The van der Waals surface area contributed by atoms with Crippen LogP contribution in [0.3, 0.4) is 0 Å². The predicted octanol–water partition coefficient (Wildman–Crippen LogP) is 0.853. The maximum atomic E-state index is 6.23. The van der Waals surface area contributed by atoms with Crippen molar-refractivity contribution in [1.82, 2.24) is 20.6 Å². The van der Waals surface area contributed by atoms with Crippen LogP contribution in [-0.4, -0.2) is 29.6 Å². The van der Waals surface area contributed by atoms with Gasteiger partial charge in [0.1, 0.15) is 11.0 Å². The molecule has 1 unspecified atom stereocenters. The van der Waals surface area contributed by atoms with Crippen LogP contribution in [0.25, 0.3) is 0 Å². The first-order valence-corrected chi connectivity index (χ1v) is 6.19. The molecule has 1 aromatic heterocycles. The molecular weight excluding hydrogens is 224 g/mol. The molecule has 16 heavy (non-hydrogen) atoms. The lowest BCUT2D eigenvalue weighted by Crippen LogP contribution is -2.26. The van der Waals surface area contributed by atoms with Crippen molar-refractivity contribution in [2.75, 3.05) is 19.6 Å². The van der Waals surface area contributed by atoms with Crippen LogP contribution in [0.2, 0.25) is 5.15 Å². The van der Waals surface area contributed by atoms with Crippen molar-refractivity contribution < 1.29 is 0 Å². The Morgan fingerprint density at radius 1 is 1.19 bits per heavy atom. The Bertz CT molecular complexity index is 401. The van der Waals surface area contributed by atoms with Gasteiger partial charge in [-0.2, -0.15) is 0 Å². The molecule has 0 amide bonds. The van der Waals surface area contributed by atoms with Gasteiger partial charge in [0.15, 0.2) is 0 Å². The number of fused-ring (bicyclic) bond motifs is 1. The van der Waals surface area contributed by atoms with Crippen molar-refractivity contribution in [3.05, 3.63) is 22.2 Å². The highest BCUT2D eigenvalue weighted by atomic mass is 35.5. The zero-order chi connectivity index (χ0) is 11.0. The molecule has 0 saturated carbocycles. The third kappa shape index (κ3) is 1.81. The molecule has 3 rings (SSSR count). The van der Waals surface area contributed by atoms with Crippen LogP contribution < -0.4 is 10.6 Å². The molecule has 0 spiro atoms. The smallest absolute Gasteiger partial charge is 0.136 e. The first-order chi connectivity index (χ1) is 7.84. The summed E-state index contributed by atoms with van der Waals surface area (Å²) in [5.41, 5.74) is 2.23. The number of rotatable bonds is 1. The maximum Gasteiger partial charge on any atom is 0.136 e. The SMILES string of the molecule is Clc1nc(C2CCNC2)nc2c1CCNC2. The third-order valence-corrected chi connectivity index (χ3v) is 3.64. The highest BCUT2D eigenvalue weighted by Gasteiger charge is 2.23. The van der Waals surface area contributed by atoms with Gasteiger partial charge in [-0.25, -0.2) is 9.97 Å². The molecule has 4 nitrogen and oxygen atoms in total. The number of halogens is 1. The Labute approximate surface area is 99.8 Å². The highest BCUT2D eigenvalue weighted by molar-refractivity contribution is 6.30. The van der Waals surface area contributed by atoms with E-state index in [0.29, 0.717) is 11.1 Å².